The van der Waals surface area contributed by atoms with Crippen LogP contribution in [0.25, 0.3) is 32.8 Å². The largest absolute Gasteiger partial charge is 0.495 e. The highest BCUT2D eigenvalue weighted by molar-refractivity contribution is 5.97. The quantitative estimate of drug-likeness (QED) is 0.366. The Morgan fingerprint density at radius 2 is 1.67 bits per heavy atom. The lowest BCUT2D eigenvalue weighted by Crippen LogP contribution is -2.05. The molecule has 0 spiro atoms. The molecule has 0 atom stereocenters. The van der Waals surface area contributed by atoms with Crippen molar-refractivity contribution in [3.63, 3.8) is 0 Å². The molecule has 5 aromatic rings. The second-order valence-corrected chi connectivity index (χ2v) is 7.99. The standard InChI is InChI=1S/C15H14O4.C11H11NO2/c1-8(2)14-15(17-3)10-6-9-4-5-13(16)18-11(9)7-12(10)19-14;1-7-6-10(13)12-11-8(7)4-3-5-9(11)14-2/h4-8H,1-3H3;3-6H,1-2H3,(H,12,13). The molecule has 7 nitrogen and oxygen atoms in total. The van der Waals surface area contributed by atoms with Crippen LogP contribution in [0.1, 0.15) is 31.1 Å². The minimum Gasteiger partial charge on any atom is -0.495 e. The Morgan fingerprint density at radius 1 is 0.879 bits per heavy atom. The maximum absolute atomic E-state index is 11.3. The number of aromatic nitrogens is 1. The van der Waals surface area contributed by atoms with E-state index in [0.29, 0.717) is 16.9 Å². The second kappa shape index (κ2) is 8.86. The fraction of sp³-hybridized carbons (Fsp3) is 0.231. The summed E-state index contributed by atoms with van der Waals surface area (Å²) in [4.78, 5) is 25.3. The lowest BCUT2D eigenvalue weighted by Gasteiger charge is -2.05. The maximum Gasteiger partial charge on any atom is 0.336 e. The molecular weight excluding hydrogens is 422 g/mol. The number of methoxy groups -OCH3 is 2. The summed E-state index contributed by atoms with van der Waals surface area (Å²) in [5.74, 6) is 2.47. The first-order valence-electron chi connectivity index (χ1n) is 10.5. The molecule has 1 N–H and O–H groups in total. The fourth-order valence-corrected chi connectivity index (χ4v) is 3.84. The lowest BCUT2D eigenvalue weighted by molar-refractivity contribution is 0.390. The number of ether oxygens (including phenoxy) is 2. The van der Waals surface area contributed by atoms with Gasteiger partial charge in [-0.05, 0) is 30.7 Å². The van der Waals surface area contributed by atoms with Crippen LogP contribution in [0, 0.1) is 6.92 Å². The summed E-state index contributed by atoms with van der Waals surface area (Å²) in [6.45, 7) is 6.00. The summed E-state index contributed by atoms with van der Waals surface area (Å²) in [6, 6.07) is 14.1. The van der Waals surface area contributed by atoms with Crippen LogP contribution in [0.3, 0.4) is 0 Å². The van der Waals surface area contributed by atoms with Gasteiger partial charge in [-0.2, -0.15) is 0 Å². The van der Waals surface area contributed by atoms with Gasteiger partial charge in [0.1, 0.15) is 22.7 Å². The first-order chi connectivity index (χ1) is 15.8. The van der Waals surface area contributed by atoms with E-state index in [4.69, 9.17) is 18.3 Å². The zero-order valence-corrected chi connectivity index (χ0v) is 19.1. The van der Waals surface area contributed by atoms with Crippen molar-refractivity contribution in [2.75, 3.05) is 14.2 Å². The van der Waals surface area contributed by atoms with Crippen molar-refractivity contribution in [1.29, 1.82) is 0 Å². The molecule has 33 heavy (non-hydrogen) atoms. The van der Waals surface area contributed by atoms with Crippen molar-refractivity contribution in [3.8, 4) is 11.5 Å². The number of hydrogen-bond acceptors (Lipinski definition) is 6. The highest BCUT2D eigenvalue weighted by Crippen LogP contribution is 2.38. The molecule has 0 unspecified atom stereocenters. The van der Waals surface area contributed by atoms with Crippen molar-refractivity contribution in [2.45, 2.75) is 26.7 Å². The Morgan fingerprint density at radius 3 is 2.36 bits per heavy atom. The van der Waals surface area contributed by atoms with Gasteiger partial charge in [-0.3, -0.25) is 4.79 Å². The van der Waals surface area contributed by atoms with Gasteiger partial charge in [0.15, 0.2) is 5.75 Å². The summed E-state index contributed by atoms with van der Waals surface area (Å²) in [5.41, 5.74) is 2.45. The van der Waals surface area contributed by atoms with Crippen LogP contribution < -0.4 is 20.7 Å². The van der Waals surface area contributed by atoms with Gasteiger partial charge in [-0.15, -0.1) is 0 Å². The number of fused-ring (bicyclic) bond motifs is 3. The van der Waals surface area contributed by atoms with Crippen molar-refractivity contribution in [1.82, 2.24) is 4.98 Å². The van der Waals surface area contributed by atoms with Gasteiger partial charge >= 0.3 is 5.63 Å². The van der Waals surface area contributed by atoms with E-state index in [9.17, 15) is 9.59 Å². The number of furan rings is 1. The molecule has 7 heteroatoms. The minimum atomic E-state index is -0.366. The summed E-state index contributed by atoms with van der Waals surface area (Å²) in [7, 11) is 3.22. The predicted octanol–water partition coefficient (Wildman–Crippen LogP) is 5.52. The monoisotopic (exact) mass is 447 g/mol. The van der Waals surface area contributed by atoms with E-state index in [0.717, 1.165) is 38.7 Å². The Bertz CT molecular complexity index is 1570. The molecule has 170 valence electrons. The zero-order valence-electron chi connectivity index (χ0n) is 19.1. The molecule has 0 aliphatic carbocycles. The van der Waals surface area contributed by atoms with Crippen LogP contribution in [0.2, 0.25) is 0 Å². The highest BCUT2D eigenvalue weighted by Gasteiger charge is 2.18. The van der Waals surface area contributed by atoms with Crippen LogP contribution >= 0.6 is 0 Å². The lowest BCUT2D eigenvalue weighted by atomic mass is 10.1. The Labute approximate surface area is 189 Å². The predicted molar refractivity (Wildman–Crippen MR) is 129 cm³/mol. The van der Waals surface area contributed by atoms with Crippen molar-refractivity contribution in [2.24, 2.45) is 0 Å². The number of H-pyrrole nitrogens is 1. The van der Waals surface area contributed by atoms with Crippen LogP contribution in [-0.2, 0) is 0 Å². The molecular formula is C26H25NO6. The number of rotatable bonds is 3. The van der Waals surface area contributed by atoms with Gasteiger partial charge in [0.25, 0.3) is 0 Å². The Hall–Kier alpha value is -4.00. The number of pyridine rings is 1. The van der Waals surface area contributed by atoms with Crippen LogP contribution in [-0.4, -0.2) is 19.2 Å². The number of nitrogens with one attached hydrogen (secondary N) is 1. The van der Waals surface area contributed by atoms with Crippen molar-refractivity contribution >= 4 is 32.8 Å². The highest BCUT2D eigenvalue weighted by atomic mass is 16.5. The van der Waals surface area contributed by atoms with E-state index in [1.165, 1.54) is 6.07 Å². The van der Waals surface area contributed by atoms with Gasteiger partial charge < -0.3 is 23.3 Å². The average molecular weight is 447 g/mol. The van der Waals surface area contributed by atoms with Crippen molar-refractivity contribution < 1.29 is 18.3 Å². The summed E-state index contributed by atoms with van der Waals surface area (Å²) in [6.07, 6.45) is 0. The third-order valence-electron chi connectivity index (χ3n) is 5.41. The normalized spacial score (nSPS) is 11.1. The molecule has 0 amide bonds. The van der Waals surface area contributed by atoms with E-state index in [1.54, 1.807) is 32.4 Å². The average Bonchev–Trinajstić information content (AvgIpc) is 3.15. The first kappa shape index (κ1) is 22.2. The molecule has 3 heterocycles. The van der Waals surface area contributed by atoms with Crippen LogP contribution in [0.4, 0.5) is 0 Å². The molecule has 3 aromatic heterocycles. The third-order valence-corrected chi connectivity index (χ3v) is 5.41. The molecule has 0 radical (unpaired) electrons. The van der Waals surface area contributed by atoms with E-state index in [-0.39, 0.29) is 17.1 Å². The van der Waals surface area contributed by atoms with Crippen LogP contribution in [0.15, 0.2) is 67.0 Å². The minimum absolute atomic E-state index is 0.0977. The van der Waals surface area contributed by atoms with Gasteiger partial charge in [0.2, 0.25) is 5.56 Å². The number of para-hydroxylation sites is 1. The second-order valence-electron chi connectivity index (χ2n) is 7.99. The first-order valence-corrected chi connectivity index (χ1v) is 10.5. The van der Waals surface area contributed by atoms with E-state index in [1.807, 2.05) is 45.0 Å². The number of hydrogen-bond donors (Lipinski definition) is 1. The number of aromatic amines is 1. The van der Waals surface area contributed by atoms with Gasteiger partial charge in [0, 0.05) is 34.9 Å². The summed E-state index contributed by atoms with van der Waals surface area (Å²) in [5, 5.41) is 2.76. The smallest absolute Gasteiger partial charge is 0.336 e. The van der Waals surface area contributed by atoms with E-state index >= 15 is 0 Å². The molecule has 0 bridgehead atoms. The Balaban J connectivity index is 0.000000165. The van der Waals surface area contributed by atoms with Crippen LogP contribution in [0.5, 0.6) is 11.5 Å². The number of benzene rings is 2. The molecule has 0 fully saturated rings. The zero-order chi connectivity index (χ0) is 23.7. The fourth-order valence-electron chi connectivity index (χ4n) is 3.84. The molecule has 0 aliphatic heterocycles. The summed E-state index contributed by atoms with van der Waals surface area (Å²) < 4.78 is 21.6. The molecule has 0 saturated carbocycles. The Kier molecular flexibility index (Phi) is 5.96. The van der Waals surface area contributed by atoms with Gasteiger partial charge in [-0.25, -0.2) is 4.79 Å². The molecule has 5 rings (SSSR count). The maximum atomic E-state index is 11.3. The van der Waals surface area contributed by atoms with E-state index in [2.05, 4.69) is 4.98 Å². The topological polar surface area (TPSA) is 94.7 Å². The molecule has 0 saturated heterocycles. The SMILES string of the molecule is COc1c(C(C)C)oc2cc3oc(=O)ccc3cc12.COc1cccc2c(C)cc(=O)[nH]c12. The van der Waals surface area contributed by atoms with Gasteiger partial charge in [0.05, 0.1) is 25.1 Å². The molecule has 0 aliphatic rings. The summed E-state index contributed by atoms with van der Waals surface area (Å²) >= 11 is 0. The van der Waals surface area contributed by atoms with E-state index < -0.39 is 0 Å². The molecule has 2 aromatic carbocycles. The number of aryl methyl sites for hydroxylation is 1. The van der Waals surface area contributed by atoms with Crippen molar-refractivity contribution in [3.05, 3.63) is 80.6 Å². The third kappa shape index (κ3) is 4.22. The van der Waals surface area contributed by atoms with Gasteiger partial charge in [-0.1, -0.05) is 26.0 Å².